The molecule has 0 aromatic heterocycles. The lowest BCUT2D eigenvalue weighted by atomic mass is 9.96. The van der Waals surface area contributed by atoms with Gasteiger partial charge in [0, 0.05) is 9.64 Å². The Labute approximate surface area is 171 Å². The van der Waals surface area contributed by atoms with Gasteiger partial charge in [0.25, 0.3) is 0 Å². The molecule has 2 heterocycles. The van der Waals surface area contributed by atoms with Gasteiger partial charge in [0.2, 0.25) is 11.8 Å². The maximum absolute atomic E-state index is 12.4. The summed E-state index contributed by atoms with van der Waals surface area (Å²) in [7, 11) is 0. The van der Waals surface area contributed by atoms with Gasteiger partial charge in [-0.15, -0.1) is 23.5 Å². The fourth-order valence-electron chi connectivity index (χ4n) is 3.77. The molecule has 2 aromatic rings. The Balaban J connectivity index is 1.37. The van der Waals surface area contributed by atoms with Crippen LogP contribution >= 0.6 is 23.5 Å². The Morgan fingerprint density at radius 3 is 2.64 bits per heavy atom. The third-order valence-corrected chi connectivity index (χ3v) is 7.65. The maximum atomic E-state index is 12.4. The van der Waals surface area contributed by atoms with Gasteiger partial charge in [0.15, 0.2) is 0 Å². The number of amides is 2. The summed E-state index contributed by atoms with van der Waals surface area (Å²) in [5.74, 6) is -1.36. The number of carboxylic acids is 1. The Kier molecular flexibility index (Phi) is 4.79. The summed E-state index contributed by atoms with van der Waals surface area (Å²) < 4.78 is -0.592. The molecule has 0 radical (unpaired) electrons. The van der Waals surface area contributed by atoms with E-state index in [1.54, 1.807) is 0 Å². The number of fused-ring (bicyclic) bond motifs is 2. The molecular formula is C20H20N2O4S2. The van der Waals surface area contributed by atoms with Gasteiger partial charge in [-0.3, -0.25) is 9.59 Å². The van der Waals surface area contributed by atoms with E-state index in [9.17, 15) is 19.5 Å². The van der Waals surface area contributed by atoms with Crippen LogP contribution in [0.5, 0.6) is 0 Å². The van der Waals surface area contributed by atoms with Crippen molar-refractivity contribution in [2.24, 2.45) is 0 Å². The minimum atomic E-state index is -1.01. The molecule has 0 aliphatic carbocycles. The van der Waals surface area contributed by atoms with E-state index in [1.165, 1.54) is 28.4 Å². The molecule has 2 aliphatic rings. The average molecular weight is 417 g/mol. The van der Waals surface area contributed by atoms with Crippen LogP contribution in [0.25, 0.3) is 10.8 Å². The normalized spacial score (nSPS) is 25.3. The summed E-state index contributed by atoms with van der Waals surface area (Å²) in [6, 6.07) is 12.5. The van der Waals surface area contributed by atoms with E-state index < -0.39 is 22.8 Å². The first kappa shape index (κ1) is 19.1. The molecule has 3 atom stereocenters. The molecule has 0 unspecified atom stereocenters. The Bertz CT molecular complexity index is 978. The lowest BCUT2D eigenvalue weighted by Crippen LogP contribution is -2.70. The predicted octanol–water partition coefficient (Wildman–Crippen LogP) is 2.56. The fourth-order valence-corrected chi connectivity index (χ4v) is 6.15. The van der Waals surface area contributed by atoms with Crippen molar-refractivity contribution in [3.63, 3.8) is 0 Å². The predicted molar refractivity (Wildman–Crippen MR) is 110 cm³/mol. The molecule has 28 heavy (non-hydrogen) atoms. The SMILES string of the molecule is CC1(C)S[C@@H]2[C@H](NC(=O)CSc3ccc4ccccc4c3)C(=O)N2[C@H]1C(=O)O. The number of aliphatic carboxylic acids is 1. The number of carbonyl (C=O) groups is 3. The number of thioether (sulfide) groups is 2. The highest BCUT2D eigenvalue weighted by molar-refractivity contribution is 8.01. The lowest BCUT2D eigenvalue weighted by Gasteiger charge is -2.43. The van der Waals surface area contributed by atoms with Gasteiger partial charge < -0.3 is 15.3 Å². The molecule has 2 saturated heterocycles. The van der Waals surface area contributed by atoms with Crippen LogP contribution < -0.4 is 5.32 Å². The van der Waals surface area contributed by atoms with E-state index in [2.05, 4.69) is 5.32 Å². The van der Waals surface area contributed by atoms with Crippen molar-refractivity contribution in [1.82, 2.24) is 10.2 Å². The number of hydrogen-bond donors (Lipinski definition) is 2. The van der Waals surface area contributed by atoms with E-state index in [1.807, 2.05) is 56.3 Å². The highest BCUT2D eigenvalue weighted by Crippen LogP contribution is 2.50. The molecule has 4 rings (SSSR count). The van der Waals surface area contributed by atoms with Gasteiger partial charge in [-0.2, -0.15) is 0 Å². The fraction of sp³-hybridized carbons (Fsp3) is 0.350. The number of nitrogens with zero attached hydrogens (tertiary/aromatic N) is 1. The van der Waals surface area contributed by atoms with Crippen molar-refractivity contribution in [1.29, 1.82) is 0 Å². The highest BCUT2D eigenvalue weighted by atomic mass is 32.2. The minimum Gasteiger partial charge on any atom is -0.480 e. The molecule has 146 valence electrons. The molecule has 0 saturated carbocycles. The van der Waals surface area contributed by atoms with E-state index >= 15 is 0 Å². The zero-order chi connectivity index (χ0) is 20.1. The van der Waals surface area contributed by atoms with Gasteiger partial charge in [-0.25, -0.2) is 4.79 Å². The number of rotatable bonds is 5. The topological polar surface area (TPSA) is 86.7 Å². The first-order chi connectivity index (χ1) is 13.3. The molecule has 0 spiro atoms. The second-order valence-corrected chi connectivity index (χ2v) is 10.3. The van der Waals surface area contributed by atoms with Crippen LogP contribution in [0.3, 0.4) is 0 Å². The average Bonchev–Trinajstić information content (AvgIpc) is 2.92. The summed E-state index contributed by atoms with van der Waals surface area (Å²) in [6.07, 6.45) is 0. The standard InChI is InChI=1S/C20H20N2O4S2/c1-20(2)16(19(25)26)22-17(24)15(18(22)28-20)21-14(23)10-27-13-8-7-11-5-3-4-6-12(11)9-13/h3-9,15-16,18H,10H2,1-2H3,(H,21,23)(H,25,26)/t15-,16+,18-/m1/s1. The monoisotopic (exact) mass is 416 g/mol. The number of β-lactam (4-membered cyclic amide) rings is 1. The Morgan fingerprint density at radius 2 is 1.93 bits per heavy atom. The van der Waals surface area contributed by atoms with E-state index in [-0.39, 0.29) is 22.9 Å². The second kappa shape index (κ2) is 7.00. The van der Waals surface area contributed by atoms with Crippen LogP contribution in [0.15, 0.2) is 47.4 Å². The molecule has 2 aromatic carbocycles. The van der Waals surface area contributed by atoms with E-state index in [0.717, 1.165) is 15.7 Å². The number of hydrogen-bond acceptors (Lipinski definition) is 5. The molecule has 2 fully saturated rings. The first-order valence-electron chi connectivity index (χ1n) is 8.92. The molecule has 2 amide bonds. The highest BCUT2D eigenvalue weighted by Gasteiger charge is 2.64. The number of nitrogens with one attached hydrogen (secondary N) is 1. The first-order valence-corrected chi connectivity index (χ1v) is 10.8. The van der Waals surface area contributed by atoms with Crippen LogP contribution in [0.2, 0.25) is 0 Å². The zero-order valence-corrected chi connectivity index (χ0v) is 17.0. The van der Waals surface area contributed by atoms with Gasteiger partial charge in [0.05, 0.1) is 5.75 Å². The van der Waals surface area contributed by atoms with Crippen molar-refractivity contribution in [2.45, 2.75) is 40.9 Å². The van der Waals surface area contributed by atoms with Gasteiger partial charge in [-0.1, -0.05) is 30.3 Å². The smallest absolute Gasteiger partial charge is 0.327 e. The van der Waals surface area contributed by atoms with Crippen LogP contribution in [0.1, 0.15) is 13.8 Å². The molecule has 2 N–H and O–H groups in total. The second-order valence-electron chi connectivity index (χ2n) is 7.44. The Morgan fingerprint density at radius 1 is 1.21 bits per heavy atom. The van der Waals surface area contributed by atoms with Crippen molar-refractivity contribution in [2.75, 3.05) is 5.75 Å². The summed E-state index contributed by atoms with van der Waals surface area (Å²) in [5, 5.41) is 14.2. The summed E-state index contributed by atoms with van der Waals surface area (Å²) >= 11 is 2.84. The minimum absolute atomic E-state index is 0.200. The van der Waals surface area contributed by atoms with Crippen LogP contribution in [-0.2, 0) is 14.4 Å². The molecule has 0 bridgehead atoms. The largest absolute Gasteiger partial charge is 0.480 e. The van der Waals surface area contributed by atoms with Crippen molar-refractivity contribution >= 4 is 52.1 Å². The maximum Gasteiger partial charge on any atom is 0.327 e. The summed E-state index contributed by atoms with van der Waals surface area (Å²) in [4.78, 5) is 38.7. The van der Waals surface area contributed by atoms with Gasteiger partial charge in [0.1, 0.15) is 17.5 Å². The van der Waals surface area contributed by atoms with Gasteiger partial charge in [-0.05, 0) is 36.8 Å². The van der Waals surface area contributed by atoms with E-state index in [0.29, 0.717) is 0 Å². The Hall–Kier alpha value is -2.19. The van der Waals surface area contributed by atoms with E-state index in [4.69, 9.17) is 0 Å². The van der Waals surface area contributed by atoms with Gasteiger partial charge >= 0.3 is 5.97 Å². The number of benzene rings is 2. The van der Waals surface area contributed by atoms with Crippen LogP contribution in [-0.4, -0.2) is 55.7 Å². The van der Waals surface area contributed by atoms with Crippen molar-refractivity contribution in [3.05, 3.63) is 42.5 Å². The third kappa shape index (κ3) is 3.24. The molecular weight excluding hydrogens is 396 g/mol. The van der Waals surface area contributed by atoms with Crippen LogP contribution in [0.4, 0.5) is 0 Å². The quantitative estimate of drug-likeness (QED) is 0.576. The summed E-state index contributed by atoms with van der Waals surface area (Å²) in [5.41, 5.74) is 0. The lowest BCUT2D eigenvalue weighted by molar-refractivity contribution is -0.160. The zero-order valence-electron chi connectivity index (χ0n) is 15.4. The van der Waals surface area contributed by atoms with Crippen molar-refractivity contribution in [3.8, 4) is 0 Å². The number of carboxylic acid groups (broad SMARTS) is 1. The number of carbonyl (C=O) groups excluding carboxylic acids is 2. The molecule has 6 nitrogen and oxygen atoms in total. The third-order valence-electron chi connectivity index (χ3n) is 5.08. The molecule has 2 aliphatic heterocycles. The summed E-state index contributed by atoms with van der Waals surface area (Å²) in [6.45, 7) is 3.63. The molecule has 8 heteroatoms. The van der Waals surface area contributed by atoms with Crippen molar-refractivity contribution < 1.29 is 19.5 Å². The van der Waals surface area contributed by atoms with Crippen LogP contribution in [0, 0.1) is 0 Å².